The van der Waals surface area contributed by atoms with E-state index in [0.29, 0.717) is 30.2 Å². The number of benzene rings is 1. The summed E-state index contributed by atoms with van der Waals surface area (Å²) >= 11 is 0. The van der Waals surface area contributed by atoms with Crippen LogP contribution in [0.25, 0.3) is 16.7 Å². The SMILES string of the molecule is CCOC(=O)c1cc2c(=O)n3cccc(C)c3nc2n(CCCOC(C)C)c1=NC(=O)c1cc(OC)cc(OC)c1. The van der Waals surface area contributed by atoms with Crippen LogP contribution in [0.4, 0.5) is 0 Å². The van der Waals surface area contributed by atoms with Crippen molar-refractivity contribution in [3.63, 3.8) is 0 Å². The second-order valence-corrected chi connectivity index (χ2v) is 9.58. The summed E-state index contributed by atoms with van der Waals surface area (Å²) in [5.41, 5.74) is 1.35. The Kier molecular flexibility index (Phi) is 9.18. The fraction of sp³-hybridized carbons (Fsp3) is 0.367. The number of methoxy groups -OCH3 is 2. The number of fused-ring (bicyclic) bond motifs is 2. The Morgan fingerprint density at radius 1 is 1.05 bits per heavy atom. The number of pyridine rings is 2. The molecule has 11 nitrogen and oxygen atoms in total. The Labute approximate surface area is 237 Å². The molecule has 216 valence electrons. The van der Waals surface area contributed by atoms with Crippen molar-refractivity contribution in [2.75, 3.05) is 27.4 Å². The van der Waals surface area contributed by atoms with Crippen LogP contribution in [0.3, 0.4) is 0 Å². The second-order valence-electron chi connectivity index (χ2n) is 9.58. The first kappa shape index (κ1) is 29.5. The maximum Gasteiger partial charge on any atom is 0.341 e. The van der Waals surface area contributed by atoms with Crippen molar-refractivity contribution in [2.24, 2.45) is 4.99 Å². The molecule has 0 saturated heterocycles. The number of ether oxygens (including phenoxy) is 4. The first-order valence-corrected chi connectivity index (χ1v) is 13.3. The van der Waals surface area contributed by atoms with Gasteiger partial charge in [0, 0.05) is 31.0 Å². The fourth-order valence-electron chi connectivity index (χ4n) is 4.41. The summed E-state index contributed by atoms with van der Waals surface area (Å²) in [4.78, 5) is 49.7. The summed E-state index contributed by atoms with van der Waals surface area (Å²) < 4.78 is 24.7. The average molecular weight is 563 g/mol. The molecule has 3 heterocycles. The lowest BCUT2D eigenvalue weighted by Crippen LogP contribution is -2.33. The van der Waals surface area contributed by atoms with E-state index in [0.717, 1.165) is 5.56 Å². The van der Waals surface area contributed by atoms with E-state index in [1.165, 1.54) is 36.8 Å². The monoisotopic (exact) mass is 562 g/mol. The number of aryl methyl sites for hydroxylation is 2. The van der Waals surface area contributed by atoms with Gasteiger partial charge in [-0.1, -0.05) is 6.07 Å². The fourth-order valence-corrected chi connectivity index (χ4v) is 4.41. The second kappa shape index (κ2) is 12.8. The molecule has 0 aliphatic rings. The van der Waals surface area contributed by atoms with Crippen molar-refractivity contribution < 1.29 is 28.5 Å². The van der Waals surface area contributed by atoms with Crippen molar-refractivity contribution in [3.8, 4) is 11.5 Å². The third-order valence-electron chi connectivity index (χ3n) is 6.38. The van der Waals surface area contributed by atoms with Gasteiger partial charge in [0.2, 0.25) is 0 Å². The van der Waals surface area contributed by atoms with Gasteiger partial charge in [0.1, 0.15) is 28.4 Å². The number of aromatic nitrogens is 3. The third kappa shape index (κ3) is 6.30. The van der Waals surface area contributed by atoms with Crippen molar-refractivity contribution in [1.82, 2.24) is 14.0 Å². The summed E-state index contributed by atoms with van der Waals surface area (Å²) in [6.07, 6.45) is 2.15. The van der Waals surface area contributed by atoms with Crippen LogP contribution in [-0.2, 0) is 16.0 Å². The van der Waals surface area contributed by atoms with Gasteiger partial charge < -0.3 is 23.5 Å². The number of esters is 1. The molecule has 1 aromatic carbocycles. The minimum atomic E-state index is -0.718. The van der Waals surface area contributed by atoms with Gasteiger partial charge in [0.15, 0.2) is 5.49 Å². The Morgan fingerprint density at radius 2 is 1.76 bits per heavy atom. The number of hydrogen-bond acceptors (Lipinski definition) is 8. The predicted molar refractivity (Wildman–Crippen MR) is 153 cm³/mol. The molecule has 0 aliphatic heterocycles. The maximum atomic E-state index is 13.6. The zero-order valence-corrected chi connectivity index (χ0v) is 24.1. The molecule has 0 spiro atoms. The van der Waals surface area contributed by atoms with Crippen LogP contribution in [0.2, 0.25) is 0 Å². The number of carbonyl (C=O) groups is 2. The summed E-state index contributed by atoms with van der Waals surface area (Å²) in [5.74, 6) is -0.553. The number of amides is 1. The largest absolute Gasteiger partial charge is 0.497 e. The first-order chi connectivity index (χ1) is 19.7. The van der Waals surface area contributed by atoms with Gasteiger partial charge >= 0.3 is 5.97 Å². The summed E-state index contributed by atoms with van der Waals surface area (Å²) in [7, 11) is 2.96. The standard InChI is InChI=1S/C30H34N4O7/c1-7-40-30(37)24-17-23-26(31-25-19(4)10-8-11-34(25)29(23)36)33(12-9-13-41-18(2)3)27(24)32-28(35)20-14-21(38-5)16-22(15-20)39-6/h8,10-11,14-18H,7,9,12-13H2,1-6H3. The lowest BCUT2D eigenvalue weighted by Gasteiger charge is -2.16. The van der Waals surface area contributed by atoms with E-state index in [2.05, 4.69) is 4.99 Å². The van der Waals surface area contributed by atoms with E-state index in [1.807, 2.05) is 26.8 Å². The highest BCUT2D eigenvalue weighted by Crippen LogP contribution is 2.23. The van der Waals surface area contributed by atoms with Gasteiger partial charge in [0.05, 0.1) is 32.3 Å². The molecule has 0 bridgehead atoms. The van der Waals surface area contributed by atoms with Crippen molar-refractivity contribution in [1.29, 1.82) is 0 Å². The molecular weight excluding hydrogens is 528 g/mol. The van der Waals surface area contributed by atoms with Crippen LogP contribution < -0.4 is 20.5 Å². The Morgan fingerprint density at radius 3 is 2.39 bits per heavy atom. The summed E-state index contributed by atoms with van der Waals surface area (Å²) in [6, 6.07) is 9.70. The van der Waals surface area contributed by atoms with Crippen LogP contribution in [0.5, 0.6) is 11.5 Å². The third-order valence-corrected chi connectivity index (χ3v) is 6.38. The van der Waals surface area contributed by atoms with Crippen molar-refractivity contribution in [3.05, 3.63) is 75.1 Å². The Bertz CT molecular complexity index is 1720. The molecule has 0 atom stereocenters. The molecular formula is C30H34N4O7. The van der Waals surface area contributed by atoms with Gasteiger partial charge in [-0.25, -0.2) is 9.78 Å². The molecule has 0 aliphatic carbocycles. The zero-order valence-electron chi connectivity index (χ0n) is 24.1. The molecule has 0 radical (unpaired) electrons. The van der Waals surface area contributed by atoms with Gasteiger partial charge in [0.25, 0.3) is 11.5 Å². The van der Waals surface area contributed by atoms with Crippen LogP contribution in [0.1, 0.15) is 53.5 Å². The molecule has 3 aromatic heterocycles. The smallest absolute Gasteiger partial charge is 0.341 e. The first-order valence-electron chi connectivity index (χ1n) is 13.3. The molecule has 4 aromatic rings. The van der Waals surface area contributed by atoms with E-state index in [1.54, 1.807) is 29.8 Å². The molecule has 0 N–H and O–H groups in total. The molecule has 0 fully saturated rings. The van der Waals surface area contributed by atoms with Crippen LogP contribution in [0.15, 0.2) is 52.4 Å². The van der Waals surface area contributed by atoms with Crippen molar-refractivity contribution in [2.45, 2.75) is 46.8 Å². The normalized spacial score (nSPS) is 11.8. The van der Waals surface area contributed by atoms with Crippen molar-refractivity contribution >= 4 is 28.6 Å². The zero-order chi connectivity index (χ0) is 29.7. The van der Waals surface area contributed by atoms with E-state index < -0.39 is 11.9 Å². The van der Waals surface area contributed by atoms with Gasteiger partial charge in [-0.3, -0.25) is 14.0 Å². The Balaban J connectivity index is 2.06. The van der Waals surface area contributed by atoms with E-state index in [9.17, 15) is 14.4 Å². The topological polar surface area (TPSA) is 123 Å². The highest BCUT2D eigenvalue weighted by molar-refractivity contribution is 5.97. The minimum Gasteiger partial charge on any atom is -0.497 e. The van der Waals surface area contributed by atoms with Crippen LogP contribution >= 0.6 is 0 Å². The Hall–Kier alpha value is -4.51. The predicted octanol–water partition coefficient (Wildman–Crippen LogP) is 3.71. The molecule has 4 rings (SSSR count). The molecule has 11 heteroatoms. The molecule has 0 unspecified atom stereocenters. The van der Waals surface area contributed by atoms with Crippen LogP contribution in [0, 0.1) is 6.92 Å². The summed E-state index contributed by atoms with van der Waals surface area (Å²) in [6.45, 7) is 8.15. The molecule has 41 heavy (non-hydrogen) atoms. The summed E-state index contributed by atoms with van der Waals surface area (Å²) in [5, 5.41) is 0.190. The maximum absolute atomic E-state index is 13.6. The number of nitrogens with zero attached hydrogens (tertiary/aromatic N) is 4. The minimum absolute atomic E-state index is 0.0192. The lowest BCUT2D eigenvalue weighted by atomic mass is 10.1. The number of rotatable bonds is 10. The van der Waals surface area contributed by atoms with E-state index >= 15 is 0 Å². The van der Waals surface area contributed by atoms with Crippen LogP contribution in [-0.4, -0.2) is 59.4 Å². The number of carbonyl (C=O) groups excluding carboxylic acids is 2. The lowest BCUT2D eigenvalue weighted by molar-refractivity contribution is 0.0523. The molecule has 0 saturated carbocycles. The van der Waals surface area contributed by atoms with Gasteiger partial charge in [-0.15, -0.1) is 0 Å². The van der Waals surface area contributed by atoms with Gasteiger partial charge in [-0.2, -0.15) is 4.99 Å². The van der Waals surface area contributed by atoms with E-state index in [-0.39, 0.29) is 52.5 Å². The molecule has 1 amide bonds. The highest BCUT2D eigenvalue weighted by atomic mass is 16.5. The highest BCUT2D eigenvalue weighted by Gasteiger charge is 2.21. The van der Waals surface area contributed by atoms with Gasteiger partial charge in [-0.05, 0) is 63.9 Å². The average Bonchev–Trinajstić information content (AvgIpc) is 2.96. The van der Waals surface area contributed by atoms with E-state index in [4.69, 9.17) is 23.9 Å². The quantitative estimate of drug-likeness (QED) is 0.163. The number of hydrogen-bond donors (Lipinski definition) is 0.